The average molecular weight is 382 g/mol. The van der Waals surface area contributed by atoms with Crippen LogP contribution in [0, 0.1) is 0 Å². The molecule has 0 aliphatic carbocycles. The molecule has 2 rings (SSSR count). The van der Waals surface area contributed by atoms with Crippen LogP contribution in [0.1, 0.15) is 65.9 Å². The Kier molecular flexibility index (Phi) is 7.88. The van der Waals surface area contributed by atoms with Gasteiger partial charge in [0.1, 0.15) is 0 Å². The summed E-state index contributed by atoms with van der Waals surface area (Å²) in [6.07, 6.45) is 6.22. The molecule has 0 atom stereocenters. The zero-order valence-electron chi connectivity index (χ0n) is 18.0. The summed E-state index contributed by atoms with van der Waals surface area (Å²) in [6.45, 7) is 9.15. The normalized spacial score (nSPS) is 12.2. The van der Waals surface area contributed by atoms with Gasteiger partial charge >= 0.3 is 7.12 Å². The van der Waals surface area contributed by atoms with E-state index in [1.807, 2.05) is 24.3 Å². The van der Waals surface area contributed by atoms with Crippen molar-refractivity contribution in [1.29, 1.82) is 0 Å². The lowest BCUT2D eigenvalue weighted by atomic mass is 9.75. The molecule has 0 unspecified atom stereocenters. The summed E-state index contributed by atoms with van der Waals surface area (Å²) in [6, 6.07) is 16.4. The number of benzene rings is 2. The first-order chi connectivity index (χ1) is 13.1. The van der Waals surface area contributed by atoms with Crippen molar-refractivity contribution in [2.75, 3.05) is 0 Å². The maximum absolute atomic E-state index is 10.5. The van der Waals surface area contributed by atoms with Crippen molar-refractivity contribution >= 4 is 12.6 Å². The summed E-state index contributed by atoms with van der Waals surface area (Å²) < 4.78 is 5.77. The van der Waals surface area contributed by atoms with Crippen LogP contribution in [0.15, 0.2) is 48.5 Å². The Labute approximate surface area is 170 Å². The van der Waals surface area contributed by atoms with E-state index >= 15 is 0 Å². The van der Waals surface area contributed by atoms with Gasteiger partial charge in [-0.15, -0.1) is 0 Å². The molecule has 0 heterocycles. The van der Waals surface area contributed by atoms with Gasteiger partial charge in [-0.3, -0.25) is 0 Å². The van der Waals surface area contributed by atoms with Gasteiger partial charge in [0.25, 0.3) is 0 Å². The third-order valence-electron chi connectivity index (χ3n) is 5.66. The maximum Gasteiger partial charge on any atom is 0.491 e. The van der Waals surface area contributed by atoms with E-state index in [0.717, 1.165) is 17.5 Å². The smallest absolute Gasteiger partial charge is 0.423 e. The number of aliphatic hydroxyl groups is 1. The Morgan fingerprint density at radius 2 is 1.57 bits per heavy atom. The summed E-state index contributed by atoms with van der Waals surface area (Å²) in [4.78, 5) is 0. The van der Waals surface area contributed by atoms with Gasteiger partial charge in [0.2, 0.25) is 0 Å². The fourth-order valence-corrected chi connectivity index (χ4v) is 2.98. The molecule has 0 saturated heterocycles. The van der Waals surface area contributed by atoms with E-state index in [-0.39, 0.29) is 0 Å². The molecular weight excluding hydrogens is 347 g/mol. The zero-order valence-corrected chi connectivity index (χ0v) is 18.0. The summed E-state index contributed by atoms with van der Waals surface area (Å²) in [5.41, 5.74) is 2.25. The summed E-state index contributed by atoms with van der Waals surface area (Å²) in [7, 11) is -1.10. The molecule has 28 heavy (non-hydrogen) atoms. The molecule has 3 nitrogen and oxygen atoms in total. The second-order valence-corrected chi connectivity index (χ2v) is 8.67. The molecule has 0 aromatic heterocycles. The van der Waals surface area contributed by atoms with E-state index in [1.54, 1.807) is 27.7 Å². The zero-order chi connectivity index (χ0) is 20.8. The fourth-order valence-electron chi connectivity index (χ4n) is 2.98. The molecule has 152 valence electrons. The van der Waals surface area contributed by atoms with Crippen LogP contribution >= 0.6 is 0 Å². The topological polar surface area (TPSA) is 49.7 Å². The van der Waals surface area contributed by atoms with Crippen molar-refractivity contribution in [2.24, 2.45) is 0 Å². The van der Waals surface area contributed by atoms with E-state index in [9.17, 15) is 10.1 Å². The average Bonchev–Trinajstić information content (AvgIpc) is 2.64. The lowest BCUT2D eigenvalue weighted by Crippen LogP contribution is -2.53. The molecular formula is C24H35BO3. The number of rotatable bonds is 10. The van der Waals surface area contributed by atoms with Crippen LogP contribution in [0.25, 0.3) is 11.1 Å². The molecule has 0 aliphatic rings. The van der Waals surface area contributed by atoms with E-state index in [2.05, 4.69) is 31.2 Å². The van der Waals surface area contributed by atoms with E-state index in [0.29, 0.717) is 5.46 Å². The van der Waals surface area contributed by atoms with Crippen molar-refractivity contribution in [3.8, 4) is 11.1 Å². The van der Waals surface area contributed by atoms with Crippen LogP contribution in [0.4, 0.5) is 0 Å². The first kappa shape index (κ1) is 22.7. The SMILES string of the molecule is CCCCCCc1ccc(-c2cccc(B(O)OC(C)(C)C(C)(C)O)c2)cc1. The number of unbranched alkanes of at least 4 members (excludes halogenated alkanes) is 3. The van der Waals surface area contributed by atoms with Crippen molar-refractivity contribution in [3.05, 3.63) is 54.1 Å². The quantitative estimate of drug-likeness (QED) is 0.461. The highest BCUT2D eigenvalue weighted by Crippen LogP contribution is 2.26. The van der Waals surface area contributed by atoms with Gasteiger partial charge in [-0.2, -0.15) is 0 Å². The van der Waals surface area contributed by atoms with Gasteiger partial charge < -0.3 is 14.8 Å². The molecule has 0 radical (unpaired) electrons. The Balaban J connectivity index is 2.08. The van der Waals surface area contributed by atoms with Crippen molar-refractivity contribution in [3.63, 3.8) is 0 Å². The van der Waals surface area contributed by atoms with Crippen LogP contribution in [0.3, 0.4) is 0 Å². The number of hydrogen-bond donors (Lipinski definition) is 2. The standard InChI is InChI=1S/C24H35BO3/c1-6-7-8-9-11-19-14-16-20(17-15-19)21-12-10-13-22(18-21)25(27)28-24(4,5)23(2,3)26/h10,12-18,26-27H,6-9,11H2,1-5H3. The molecule has 0 fully saturated rings. The maximum atomic E-state index is 10.5. The highest BCUT2D eigenvalue weighted by Gasteiger charge is 2.39. The van der Waals surface area contributed by atoms with E-state index in [4.69, 9.17) is 4.65 Å². The third-order valence-corrected chi connectivity index (χ3v) is 5.66. The van der Waals surface area contributed by atoms with Crippen LogP contribution in [0.2, 0.25) is 0 Å². The molecule has 0 spiro atoms. The Morgan fingerprint density at radius 3 is 2.18 bits per heavy atom. The van der Waals surface area contributed by atoms with Gasteiger partial charge in [0.05, 0.1) is 11.2 Å². The highest BCUT2D eigenvalue weighted by atomic mass is 16.5. The Bertz CT molecular complexity index is 732. The van der Waals surface area contributed by atoms with E-state index in [1.165, 1.54) is 31.2 Å². The molecule has 0 amide bonds. The van der Waals surface area contributed by atoms with Gasteiger partial charge in [-0.1, -0.05) is 74.7 Å². The first-order valence-electron chi connectivity index (χ1n) is 10.4. The molecule has 4 heteroatoms. The summed E-state index contributed by atoms with van der Waals surface area (Å²) >= 11 is 0. The van der Waals surface area contributed by atoms with Gasteiger partial charge in [-0.25, -0.2) is 0 Å². The van der Waals surface area contributed by atoms with Crippen LogP contribution in [0.5, 0.6) is 0 Å². The van der Waals surface area contributed by atoms with Gasteiger partial charge in [0.15, 0.2) is 0 Å². The minimum absolute atomic E-state index is 0.679. The summed E-state index contributed by atoms with van der Waals surface area (Å²) in [5, 5.41) is 20.8. The fraction of sp³-hybridized carbons (Fsp3) is 0.500. The van der Waals surface area contributed by atoms with Gasteiger partial charge in [-0.05, 0) is 62.7 Å². The van der Waals surface area contributed by atoms with Crippen LogP contribution in [-0.2, 0) is 11.1 Å². The molecule has 0 aliphatic heterocycles. The second-order valence-electron chi connectivity index (χ2n) is 8.67. The minimum Gasteiger partial charge on any atom is -0.423 e. The highest BCUT2D eigenvalue weighted by molar-refractivity contribution is 6.60. The minimum atomic E-state index is -1.10. The number of aryl methyl sites for hydroxylation is 1. The molecule has 0 saturated carbocycles. The molecule has 2 N–H and O–H groups in total. The predicted octanol–water partition coefficient (Wildman–Crippen LogP) is 4.73. The largest absolute Gasteiger partial charge is 0.491 e. The molecule has 0 bridgehead atoms. The monoisotopic (exact) mass is 382 g/mol. The van der Waals surface area contributed by atoms with Crippen LogP contribution in [-0.4, -0.2) is 28.5 Å². The molecule has 2 aromatic carbocycles. The lowest BCUT2D eigenvalue weighted by molar-refractivity contribution is -0.0982. The Morgan fingerprint density at radius 1 is 0.893 bits per heavy atom. The second kappa shape index (κ2) is 9.73. The summed E-state index contributed by atoms with van der Waals surface area (Å²) in [5.74, 6) is 0. The number of hydrogen-bond acceptors (Lipinski definition) is 3. The lowest BCUT2D eigenvalue weighted by Gasteiger charge is -2.38. The van der Waals surface area contributed by atoms with Crippen molar-refractivity contribution in [1.82, 2.24) is 0 Å². The Hall–Kier alpha value is -1.62. The van der Waals surface area contributed by atoms with E-state index < -0.39 is 18.3 Å². The van der Waals surface area contributed by atoms with Crippen LogP contribution < -0.4 is 5.46 Å². The molecule has 2 aromatic rings. The third kappa shape index (κ3) is 6.20. The predicted molar refractivity (Wildman–Crippen MR) is 119 cm³/mol. The van der Waals surface area contributed by atoms with Crippen molar-refractivity contribution in [2.45, 2.75) is 77.9 Å². The first-order valence-corrected chi connectivity index (χ1v) is 10.4. The van der Waals surface area contributed by atoms with Crippen molar-refractivity contribution < 1.29 is 14.8 Å². The van der Waals surface area contributed by atoms with Gasteiger partial charge in [0, 0.05) is 0 Å².